The summed E-state index contributed by atoms with van der Waals surface area (Å²) in [5.74, 6) is 0.559. The van der Waals surface area contributed by atoms with Crippen LogP contribution in [0.3, 0.4) is 0 Å². The molecule has 0 spiro atoms. The second-order valence-corrected chi connectivity index (χ2v) is 10.1. The lowest BCUT2D eigenvalue weighted by Gasteiger charge is -2.28. The first-order valence-corrected chi connectivity index (χ1v) is 13.5. The number of rotatable bonds is 8. The molecule has 0 aromatic heterocycles. The first-order valence-electron chi connectivity index (χ1n) is 12.4. The molecule has 7 heteroatoms. The molecule has 36 heavy (non-hydrogen) atoms. The van der Waals surface area contributed by atoms with E-state index in [1.54, 1.807) is 11.8 Å². The number of hydrogen-bond acceptors (Lipinski definition) is 5. The number of benzene rings is 3. The number of hydrogen-bond donors (Lipinski definition) is 1. The Bertz CT molecular complexity index is 1160. The zero-order valence-electron chi connectivity index (χ0n) is 20.3. The molecule has 1 atom stereocenters. The highest BCUT2D eigenvalue weighted by atomic mass is 32.2. The molecule has 2 amide bonds. The quantitative estimate of drug-likeness (QED) is 0.500. The highest BCUT2D eigenvalue weighted by molar-refractivity contribution is 8.00. The van der Waals surface area contributed by atoms with Crippen LogP contribution in [0.5, 0.6) is 0 Å². The lowest BCUT2D eigenvalue weighted by Crippen LogP contribution is -2.36. The molecular weight excluding hydrogens is 470 g/mol. The molecule has 186 valence electrons. The Morgan fingerprint density at radius 3 is 2.36 bits per heavy atom. The number of anilines is 1. The highest BCUT2D eigenvalue weighted by Crippen LogP contribution is 2.38. The fraction of sp³-hybridized carbons (Fsp3) is 0.310. The van der Waals surface area contributed by atoms with Gasteiger partial charge in [0.15, 0.2) is 0 Å². The van der Waals surface area contributed by atoms with E-state index in [9.17, 15) is 9.59 Å². The van der Waals surface area contributed by atoms with Crippen molar-refractivity contribution >= 4 is 29.3 Å². The summed E-state index contributed by atoms with van der Waals surface area (Å²) in [6, 6.07) is 26.2. The molecule has 0 bridgehead atoms. The van der Waals surface area contributed by atoms with E-state index in [2.05, 4.69) is 46.6 Å². The van der Waals surface area contributed by atoms with E-state index in [0.717, 1.165) is 43.9 Å². The van der Waals surface area contributed by atoms with Gasteiger partial charge in [-0.05, 0) is 47.4 Å². The van der Waals surface area contributed by atoms with E-state index in [1.807, 2.05) is 47.4 Å². The van der Waals surface area contributed by atoms with E-state index in [0.29, 0.717) is 24.4 Å². The molecule has 1 N–H and O–H groups in total. The number of ether oxygens (including phenoxy) is 1. The summed E-state index contributed by atoms with van der Waals surface area (Å²) in [6.45, 7) is 4.50. The summed E-state index contributed by atoms with van der Waals surface area (Å²) in [6.07, 6.45) is 0.831. The van der Waals surface area contributed by atoms with Gasteiger partial charge >= 0.3 is 0 Å². The lowest BCUT2D eigenvalue weighted by atomic mass is 10.1. The highest BCUT2D eigenvalue weighted by Gasteiger charge is 2.32. The predicted octanol–water partition coefficient (Wildman–Crippen LogP) is 4.27. The number of carbonyl (C=O) groups excluding carboxylic acids is 2. The van der Waals surface area contributed by atoms with Gasteiger partial charge in [0, 0.05) is 37.4 Å². The molecule has 2 heterocycles. The molecule has 0 unspecified atom stereocenters. The van der Waals surface area contributed by atoms with E-state index >= 15 is 0 Å². The third-order valence-electron chi connectivity index (χ3n) is 6.68. The molecule has 2 saturated heterocycles. The van der Waals surface area contributed by atoms with Crippen molar-refractivity contribution in [2.75, 3.05) is 43.5 Å². The second kappa shape index (κ2) is 11.6. The van der Waals surface area contributed by atoms with Crippen LogP contribution in [0.4, 0.5) is 5.69 Å². The zero-order valence-corrected chi connectivity index (χ0v) is 21.1. The van der Waals surface area contributed by atoms with E-state index in [4.69, 9.17) is 4.74 Å². The Kier molecular flexibility index (Phi) is 7.88. The van der Waals surface area contributed by atoms with Crippen LogP contribution in [-0.2, 0) is 22.5 Å². The van der Waals surface area contributed by atoms with Gasteiger partial charge in [-0.2, -0.15) is 0 Å². The number of nitrogens with zero attached hydrogens (tertiary/aromatic N) is 2. The van der Waals surface area contributed by atoms with Crippen LogP contribution in [0, 0.1) is 0 Å². The van der Waals surface area contributed by atoms with Crippen molar-refractivity contribution in [2.45, 2.75) is 18.3 Å². The van der Waals surface area contributed by atoms with Gasteiger partial charge in [-0.1, -0.05) is 54.6 Å². The molecule has 0 radical (unpaired) electrons. The van der Waals surface area contributed by atoms with Crippen LogP contribution in [-0.4, -0.2) is 55.3 Å². The number of nitrogens with one attached hydrogen (secondary N) is 1. The van der Waals surface area contributed by atoms with Gasteiger partial charge in [-0.3, -0.25) is 9.59 Å². The third kappa shape index (κ3) is 5.91. The molecule has 0 saturated carbocycles. The van der Waals surface area contributed by atoms with Crippen molar-refractivity contribution in [1.29, 1.82) is 0 Å². The van der Waals surface area contributed by atoms with Crippen molar-refractivity contribution < 1.29 is 14.3 Å². The van der Waals surface area contributed by atoms with E-state index < -0.39 is 0 Å². The lowest BCUT2D eigenvalue weighted by molar-refractivity contribution is -0.128. The predicted molar refractivity (Wildman–Crippen MR) is 144 cm³/mol. The smallest absolute Gasteiger partial charge is 0.251 e. The number of thioether (sulfide) groups is 1. The Hall–Kier alpha value is -3.29. The summed E-state index contributed by atoms with van der Waals surface area (Å²) in [7, 11) is 0. The van der Waals surface area contributed by atoms with Gasteiger partial charge in [-0.25, -0.2) is 0 Å². The van der Waals surface area contributed by atoms with Crippen LogP contribution in [0.15, 0.2) is 78.9 Å². The van der Waals surface area contributed by atoms with Gasteiger partial charge in [-0.15, -0.1) is 11.8 Å². The first-order chi connectivity index (χ1) is 17.7. The SMILES string of the molecule is O=C(NCc1ccc(N2CCOCC2)cc1)c1ccc([C@@H]2SCC(=O)N2CCc2ccccc2)cc1. The molecule has 6 nitrogen and oxygen atoms in total. The maximum Gasteiger partial charge on any atom is 0.251 e. The van der Waals surface area contributed by atoms with Crippen molar-refractivity contribution in [3.63, 3.8) is 0 Å². The standard InChI is InChI=1S/C29H31N3O3S/c33-27-21-36-29(32(27)15-14-22-4-2-1-3-5-22)25-10-8-24(9-11-25)28(34)30-20-23-6-12-26(13-7-23)31-16-18-35-19-17-31/h1-13,29H,14-21H2,(H,30,34)/t29-/m0/s1. The molecule has 0 aliphatic carbocycles. The van der Waals surface area contributed by atoms with Crippen LogP contribution in [0.1, 0.15) is 32.4 Å². The maximum atomic E-state index is 12.7. The fourth-order valence-electron chi connectivity index (χ4n) is 4.60. The Morgan fingerprint density at radius 1 is 0.917 bits per heavy atom. The summed E-state index contributed by atoms with van der Waals surface area (Å²) in [5, 5.41) is 3.00. The molecule has 2 fully saturated rings. The van der Waals surface area contributed by atoms with E-state index in [-0.39, 0.29) is 17.2 Å². The van der Waals surface area contributed by atoms with Crippen molar-refractivity contribution in [3.8, 4) is 0 Å². The third-order valence-corrected chi connectivity index (χ3v) is 7.93. The minimum Gasteiger partial charge on any atom is -0.378 e. The molecule has 2 aliphatic heterocycles. The summed E-state index contributed by atoms with van der Waals surface area (Å²) < 4.78 is 5.42. The van der Waals surface area contributed by atoms with Gasteiger partial charge in [0.1, 0.15) is 5.37 Å². The number of amides is 2. The van der Waals surface area contributed by atoms with Crippen LogP contribution in [0.25, 0.3) is 0 Å². The number of morpholine rings is 1. The Morgan fingerprint density at radius 2 is 1.64 bits per heavy atom. The van der Waals surface area contributed by atoms with Crippen LogP contribution < -0.4 is 10.2 Å². The molecule has 3 aromatic rings. The minimum atomic E-state index is -0.102. The van der Waals surface area contributed by atoms with E-state index in [1.165, 1.54) is 11.3 Å². The monoisotopic (exact) mass is 501 g/mol. The van der Waals surface area contributed by atoms with Gasteiger partial charge < -0.3 is 19.9 Å². The second-order valence-electron chi connectivity index (χ2n) is 9.06. The summed E-state index contributed by atoms with van der Waals surface area (Å²) in [5.41, 5.74) is 5.14. The summed E-state index contributed by atoms with van der Waals surface area (Å²) >= 11 is 1.65. The van der Waals surface area contributed by atoms with Crippen molar-refractivity contribution in [2.24, 2.45) is 0 Å². The molecule has 5 rings (SSSR count). The largest absolute Gasteiger partial charge is 0.378 e. The molecular formula is C29H31N3O3S. The summed E-state index contributed by atoms with van der Waals surface area (Å²) in [4.78, 5) is 29.5. The minimum absolute atomic E-state index is 0.0108. The van der Waals surface area contributed by atoms with Gasteiger partial charge in [0.05, 0.1) is 19.0 Å². The average Bonchev–Trinajstić information content (AvgIpc) is 3.32. The Labute approximate surface area is 216 Å². The van der Waals surface area contributed by atoms with Gasteiger partial charge in [0.2, 0.25) is 5.91 Å². The number of carbonyl (C=O) groups is 2. The maximum absolute atomic E-state index is 12.7. The fourth-order valence-corrected chi connectivity index (χ4v) is 5.81. The van der Waals surface area contributed by atoms with Crippen molar-refractivity contribution in [1.82, 2.24) is 10.2 Å². The average molecular weight is 502 g/mol. The topological polar surface area (TPSA) is 61.9 Å². The van der Waals surface area contributed by atoms with Crippen molar-refractivity contribution in [3.05, 3.63) is 101 Å². The first kappa shape index (κ1) is 24.4. The van der Waals surface area contributed by atoms with Gasteiger partial charge in [0.25, 0.3) is 5.91 Å². The van der Waals surface area contributed by atoms with Crippen LogP contribution >= 0.6 is 11.8 Å². The Balaban J connectivity index is 1.15. The van der Waals surface area contributed by atoms with Crippen LogP contribution in [0.2, 0.25) is 0 Å². The molecule has 2 aliphatic rings. The molecule has 3 aromatic carbocycles. The zero-order chi connectivity index (χ0) is 24.7. The normalized spacial score (nSPS) is 17.9.